The van der Waals surface area contributed by atoms with Gasteiger partial charge in [-0.15, -0.1) is 0 Å². The standard InChI is InChI=1S/C19H18N2O5S/c1-3-25-13-5-6-16(26-4-2)15(10-13)21-18(23)14(17(22)20-19(21)24)9-12-7-8-27-11-12/h5-11H,3-4H2,1-2H3,(H,20,22,24). The third kappa shape index (κ3) is 3.85. The van der Waals surface area contributed by atoms with Gasteiger partial charge in [-0.2, -0.15) is 11.3 Å². The summed E-state index contributed by atoms with van der Waals surface area (Å²) in [6.45, 7) is 4.40. The molecule has 0 spiro atoms. The monoisotopic (exact) mass is 386 g/mol. The van der Waals surface area contributed by atoms with E-state index in [0.717, 1.165) is 4.90 Å². The van der Waals surface area contributed by atoms with Gasteiger partial charge < -0.3 is 9.47 Å². The molecule has 0 saturated carbocycles. The Morgan fingerprint density at radius 2 is 1.89 bits per heavy atom. The number of benzene rings is 1. The minimum Gasteiger partial charge on any atom is -0.494 e. The number of amides is 4. The molecule has 0 unspecified atom stereocenters. The van der Waals surface area contributed by atoms with Crippen LogP contribution in [0.2, 0.25) is 0 Å². The third-order valence-corrected chi connectivity index (χ3v) is 4.44. The Hall–Kier alpha value is -3.13. The summed E-state index contributed by atoms with van der Waals surface area (Å²) in [5, 5.41) is 5.84. The average molecular weight is 386 g/mol. The van der Waals surface area contributed by atoms with E-state index >= 15 is 0 Å². The SMILES string of the molecule is CCOc1ccc(OCC)c(N2C(=O)NC(=O)C(=Cc3ccsc3)C2=O)c1. The largest absolute Gasteiger partial charge is 0.494 e. The van der Waals surface area contributed by atoms with Crippen molar-refractivity contribution in [3.8, 4) is 11.5 Å². The van der Waals surface area contributed by atoms with Crippen molar-refractivity contribution in [1.29, 1.82) is 0 Å². The molecule has 7 nitrogen and oxygen atoms in total. The van der Waals surface area contributed by atoms with Crippen molar-refractivity contribution in [2.45, 2.75) is 13.8 Å². The van der Waals surface area contributed by atoms with E-state index in [4.69, 9.17) is 9.47 Å². The maximum Gasteiger partial charge on any atom is 0.336 e. The second kappa shape index (κ2) is 8.05. The highest BCUT2D eigenvalue weighted by atomic mass is 32.1. The summed E-state index contributed by atoms with van der Waals surface area (Å²) < 4.78 is 11.0. The molecule has 1 N–H and O–H groups in total. The Morgan fingerprint density at radius 1 is 1.11 bits per heavy atom. The first-order valence-corrected chi connectivity index (χ1v) is 9.32. The minimum atomic E-state index is -0.831. The number of urea groups is 1. The molecule has 4 amide bonds. The molecule has 0 bridgehead atoms. The molecular formula is C19H18N2O5S. The van der Waals surface area contributed by atoms with Crippen LogP contribution in [-0.4, -0.2) is 31.1 Å². The summed E-state index contributed by atoms with van der Waals surface area (Å²) in [6, 6.07) is 5.81. The van der Waals surface area contributed by atoms with E-state index in [1.165, 1.54) is 17.4 Å². The minimum absolute atomic E-state index is 0.128. The molecule has 27 heavy (non-hydrogen) atoms. The second-order valence-corrected chi connectivity index (χ2v) is 6.29. The van der Waals surface area contributed by atoms with Gasteiger partial charge in [0.2, 0.25) is 0 Å². The maximum atomic E-state index is 13.0. The number of thiophene rings is 1. The number of hydrogen-bond acceptors (Lipinski definition) is 6. The summed E-state index contributed by atoms with van der Waals surface area (Å²) >= 11 is 1.44. The Balaban J connectivity index is 2.06. The van der Waals surface area contributed by atoms with Gasteiger partial charge in [0.05, 0.1) is 18.9 Å². The zero-order valence-electron chi connectivity index (χ0n) is 14.9. The van der Waals surface area contributed by atoms with E-state index in [2.05, 4.69) is 5.32 Å². The summed E-state index contributed by atoms with van der Waals surface area (Å²) in [5.41, 5.74) is 0.798. The van der Waals surface area contributed by atoms with Crippen LogP contribution < -0.4 is 19.7 Å². The Kier molecular flexibility index (Phi) is 5.56. The molecule has 1 aliphatic rings. The van der Waals surface area contributed by atoms with Crippen molar-refractivity contribution < 1.29 is 23.9 Å². The number of ether oxygens (including phenoxy) is 2. The van der Waals surface area contributed by atoms with Crippen molar-refractivity contribution in [2.75, 3.05) is 18.1 Å². The van der Waals surface area contributed by atoms with Crippen LogP contribution in [0.5, 0.6) is 11.5 Å². The molecule has 0 atom stereocenters. The van der Waals surface area contributed by atoms with E-state index in [1.807, 2.05) is 12.3 Å². The van der Waals surface area contributed by atoms with Gasteiger partial charge in [-0.1, -0.05) is 0 Å². The van der Waals surface area contributed by atoms with Gasteiger partial charge >= 0.3 is 6.03 Å². The second-order valence-electron chi connectivity index (χ2n) is 5.51. The highest BCUT2D eigenvalue weighted by molar-refractivity contribution is 7.08. The fourth-order valence-corrected chi connectivity index (χ4v) is 3.22. The molecule has 2 aromatic rings. The van der Waals surface area contributed by atoms with E-state index in [9.17, 15) is 14.4 Å². The normalized spacial score (nSPS) is 15.9. The smallest absolute Gasteiger partial charge is 0.336 e. The number of barbiturate groups is 1. The van der Waals surface area contributed by atoms with Gasteiger partial charge in [0, 0.05) is 6.07 Å². The van der Waals surface area contributed by atoms with Crippen LogP contribution in [0.15, 0.2) is 40.6 Å². The number of nitrogens with one attached hydrogen (secondary N) is 1. The van der Waals surface area contributed by atoms with E-state index in [1.54, 1.807) is 36.6 Å². The fourth-order valence-electron chi connectivity index (χ4n) is 2.61. The summed E-state index contributed by atoms with van der Waals surface area (Å²) in [5.74, 6) is -0.624. The number of carbonyl (C=O) groups is 3. The Labute approximate surface area is 160 Å². The first-order chi connectivity index (χ1) is 13.0. The average Bonchev–Trinajstić information content (AvgIpc) is 3.14. The summed E-state index contributed by atoms with van der Waals surface area (Å²) in [4.78, 5) is 38.5. The van der Waals surface area contributed by atoms with Crippen LogP contribution in [0, 0.1) is 0 Å². The van der Waals surface area contributed by atoms with Crippen molar-refractivity contribution in [1.82, 2.24) is 5.32 Å². The number of carbonyl (C=O) groups excluding carboxylic acids is 3. The zero-order chi connectivity index (χ0) is 19.4. The topological polar surface area (TPSA) is 84.9 Å². The number of nitrogens with zero attached hydrogens (tertiary/aromatic N) is 1. The Bertz CT molecular complexity index is 905. The van der Waals surface area contributed by atoms with E-state index < -0.39 is 17.8 Å². The number of rotatable bonds is 6. The lowest BCUT2D eigenvalue weighted by Gasteiger charge is -2.28. The molecule has 1 aliphatic heterocycles. The van der Waals surface area contributed by atoms with Crippen LogP contribution in [0.25, 0.3) is 6.08 Å². The molecule has 140 valence electrons. The molecule has 1 aromatic carbocycles. The predicted octanol–water partition coefficient (Wildman–Crippen LogP) is 3.21. The van der Waals surface area contributed by atoms with Gasteiger partial charge in [-0.25, -0.2) is 9.69 Å². The van der Waals surface area contributed by atoms with Crippen molar-refractivity contribution in [2.24, 2.45) is 0 Å². The molecule has 1 aromatic heterocycles. The summed E-state index contributed by atoms with van der Waals surface area (Å²) in [7, 11) is 0. The van der Waals surface area contributed by atoms with Gasteiger partial charge in [0.15, 0.2) is 0 Å². The predicted molar refractivity (Wildman–Crippen MR) is 102 cm³/mol. The first kappa shape index (κ1) is 18.7. The fraction of sp³-hybridized carbons (Fsp3) is 0.211. The first-order valence-electron chi connectivity index (χ1n) is 8.38. The molecular weight excluding hydrogens is 368 g/mol. The number of hydrogen-bond donors (Lipinski definition) is 1. The van der Waals surface area contributed by atoms with E-state index in [0.29, 0.717) is 30.3 Å². The maximum absolute atomic E-state index is 13.0. The van der Waals surface area contributed by atoms with Crippen molar-refractivity contribution in [3.63, 3.8) is 0 Å². The number of imide groups is 2. The molecule has 1 fully saturated rings. The zero-order valence-corrected chi connectivity index (χ0v) is 15.7. The van der Waals surface area contributed by atoms with Crippen LogP contribution >= 0.6 is 11.3 Å². The lowest BCUT2D eigenvalue weighted by molar-refractivity contribution is -0.122. The lowest BCUT2D eigenvalue weighted by Crippen LogP contribution is -2.54. The quantitative estimate of drug-likeness (QED) is 0.609. The molecule has 8 heteroatoms. The Morgan fingerprint density at radius 3 is 2.56 bits per heavy atom. The van der Waals surface area contributed by atoms with Gasteiger partial charge in [-0.3, -0.25) is 14.9 Å². The molecule has 3 rings (SSSR count). The van der Waals surface area contributed by atoms with Crippen LogP contribution in [0.4, 0.5) is 10.5 Å². The van der Waals surface area contributed by atoms with Crippen LogP contribution in [0.1, 0.15) is 19.4 Å². The lowest BCUT2D eigenvalue weighted by atomic mass is 10.1. The third-order valence-electron chi connectivity index (χ3n) is 3.74. The van der Waals surface area contributed by atoms with Crippen molar-refractivity contribution in [3.05, 3.63) is 46.2 Å². The van der Waals surface area contributed by atoms with Crippen molar-refractivity contribution >= 4 is 40.9 Å². The molecule has 1 saturated heterocycles. The highest BCUT2D eigenvalue weighted by Crippen LogP contribution is 2.35. The van der Waals surface area contributed by atoms with E-state index in [-0.39, 0.29) is 11.3 Å². The van der Waals surface area contributed by atoms with Crippen LogP contribution in [0.3, 0.4) is 0 Å². The highest BCUT2D eigenvalue weighted by Gasteiger charge is 2.38. The number of anilines is 1. The molecule has 0 radical (unpaired) electrons. The van der Waals surface area contributed by atoms with Crippen LogP contribution in [-0.2, 0) is 9.59 Å². The summed E-state index contributed by atoms with van der Waals surface area (Å²) in [6.07, 6.45) is 1.46. The molecule has 0 aliphatic carbocycles. The van der Waals surface area contributed by atoms with Gasteiger partial charge in [0.1, 0.15) is 17.1 Å². The van der Waals surface area contributed by atoms with Gasteiger partial charge in [-0.05, 0) is 54.4 Å². The van der Waals surface area contributed by atoms with Gasteiger partial charge in [0.25, 0.3) is 11.8 Å². The molecule has 2 heterocycles.